The predicted octanol–water partition coefficient (Wildman–Crippen LogP) is 1.30. The van der Waals surface area contributed by atoms with E-state index in [4.69, 9.17) is 14.2 Å². The van der Waals surface area contributed by atoms with E-state index in [0.29, 0.717) is 30.6 Å². The highest BCUT2D eigenvalue weighted by atomic mass is 16.6. The van der Waals surface area contributed by atoms with E-state index in [-0.39, 0.29) is 11.8 Å². The fourth-order valence-corrected chi connectivity index (χ4v) is 4.36. The number of esters is 2. The number of aliphatic hydroxyl groups is 1. The Morgan fingerprint density at radius 3 is 2.64 bits per heavy atom. The van der Waals surface area contributed by atoms with Gasteiger partial charge in [0.1, 0.15) is 12.2 Å². The highest BCUT2D eigenvalue weighted by Crippen LogP contribution is 2.52. The van der Waals surface area contributed by atoms with Crippen LogP contribution < -0.4 is 0 Å². The Bertz CT molecular complexity index is 703. The molecule has 1 N–H and O–H groups in total. The molecule has 2 saturated carbocycles. The highest BCUT2D eigenvalue weighted by molar-refractivity contribution is 5.91. The number of carbonyl (C=O) groups is 2. The first kappa shape index (κ1) is 16.5. The second-order valence-electron chi connectivity index (χ2n) is 7.71. The molecule has 2 saturated heterocycles. The van der Waals surface area contributed by atoms with E-state index in [1.807, 2.05) is 0 Å². The first-order valence-electron chi connectivity index (χ1n) is 8.52. The zero-order valence-electron chi connectivity index (χ0n) is 14.2. The van der Waals surface area contributed by atoms with Gasteiger partial charge in [0, 0.05) is 17.9 Å². The molecule has 2 aliphatic heterocycles. The Morgan fingerprint density at radius 1 is 1.32 bits per heavy atom. The van der Waals surface area contributed by atoms with Crippen LogP contribution >= 0.6 is 0 Å². The smallest absolute Gasteiger partial charge is 0.340 e. The second-order valence-corrected chi connectivity index (χ2v) is 7.71. The van der Waals surface area contributed by atoms with E-state index in [9.17, 15) is 14.7 Å². The number of carbonyl (C=O) groups excluding carboxylic acids is 2. The van der Waals surface area contributed by atoms with Gasteiger partial charge in [-0.2, -0.15) is 0 Å². The van der Waals surface area contributed by atoms with Crippen molar-refractivity contribution in [1.82, 2.24) is 0 Å². The maximum atomic E-state index is 12.4. The number of epoxide rings is 1. The molecule has 0 bridgehead atoms. The van der Waals surface area contributed by atoms with Gasteiger partial charge in [-0.1, -0.05) is 25.3 Å². The van der Waals surface area contributed by atoms with Crippen LogP contribution in [0.3, 0.4) is 0 Å². The summed E-state index contributed by atoms with van der Waals surface area (Å²) in [6.45, 7) is 14.0. The van der Waals surface area contributed by atoms with E-state index in [1.54, 1.807) is 6.92 Å². The third-order valence-corrected chi connectivity index (χ3v) is 6.04. The molecular formula is C19H22O6. The third-order valence-electron chi connectivity index (χ3n) is 6.04. The minimum Gasteiger partial charge on any atom is -0.459 e. The molecule has 6 nitrogen and oxygen atoms in total. The Labute approximate surface area is 146 Å². The van der Waals surface area contributed by atoms with E-state index >= 15 is 0 Å². The molecule has 2 aliphatic carbocycles. The molecule has 0 radical (unpaired) electrons. The average Bonchev–Trinajstić information content (AvgIpc) is 3.17. The largest absolute Gasteiger partial charge is 0.459 e. The summed E-state index contributed by atoms with van der Waals surface area (Å²) in [5.41, 5.74) is 0.921. The van der Waals surface area contributed by atoms with Crippen molar-refractivity contribution in [3.8, 4) is 0 Å². The monoisotopic (exact) mass is 346 g/mol. The summed E-state index contributed by atoms with van der Waals surface area (Å²) in [5.74, 6) is -1.67. The first-order valence-corrected chi connectivity index (χ1v) is 8.52. The standard InChI is InChI=1S/C19H22O6/c1-8-5-13(24-18(22)19(4)7-23-19)15-10(3)17(21)25-16(15)14-9(2)12(20)6-11(8)14/h11-16,20H,1-3,5-7H2,4H3/t11-,12-,13-,14-,15+,16+,19-/m0/s1. The van der Waals surface area contributed by atoms with Crippen LogP contribution in [-0.4, -0.2) is 47.6 Å². The molecule has 0 unspecified atom stereocenters. The molecule has 134 valence electrons. The first-order chi connectivity index (χ1) is 11.7. The van der Waals surface area contributed by atoms with Crippen molar-refractivity contribution in [3.05, 3.63) is 36.5 Å². The lowest BCUT2D eigenvalue weighted by atomic mass is 9.81. The molecular weight excluding hydrogens is 324 g/mol. The Hall–Kier alpha value is -1.92. The maximum absolute atomic E-state index is 12.4. The number of hydrogen-bond acceptors (Lipinski definition) is 6. The number of aliphatic hydroxyl groups excluding tert-OH is 1. The van der Waals surface area contributed by atoms with Crippen molar-refractivity contribution in [3.63, 3.8) is 0 Å². The highest BCUT2D eigenvalue weighted by Gasteiger charge is 2.58. The average molecular weight is 346 g/mol. The Kier molecular flexibility index (Phi) is 3.50. The van der Waals surface area contributed by atoms with Crippen LogP contribution in [0.1, 0.15) is 19.8 Å². The summed E-state index contributed by atoms with van der Waals surface area (Å²) >= 11 is 0. The van der Waals surface area contributed by atoms with Gasteiger partial charge < -0.3 is 19.3 Å². The molecule has 0 spiro atoms. The van der Waals surface area contributed by atoms with Gasteiger partial charge in [0.25, 0.3) is 0 Å². The molecule has 7 atom stereocenters. The number of hydrogen-bond donors (Lipinski definition) is 1. The molecule has 4 fully saturated rings. The number of rotatable bonds is 2. The lowest BCUT2D eigenvalue weighted by molar-refractivity contribution is -0.158. The van der Waals surface area contributed by atoms with Crippen LogP contribution in [0.5, 0.6) is 0 Å². The summed E-state index contributed by atoms with van der Waals surface area (Å²) in [5, 5.41) is 10.2. The van der Waals surface area contributed by atoms with Gasteiger partial charge in [-0.15, -0.1) is 0 Å². The van der Waals surface area contributed by atoms with Crippen LogP contribution in [0, 0.1) is 17.8 Å². The topological polar surface area (TPSA) is 85.4 Å². The fourth-order valence-electron chi connectivity index (χ4n) is 4.36. The van der Waals surface area contributed by atoms with Crippen LogP contribution in [0.15, 0.2) is 36.5 Å². The zero-order chi connectivity index (χ0) is 18.1. The Balaban J connectivity index is 1.68. The SMILES string of the molecule is C=C1C(=O)O[C@@H]2[C@H]3C(=C)[C@@H](O)C[C@H]3C(=C)C[C@H](OC(=O)[C@]3(C)CO3)[C@@H]12. The lowest BCUT2D eigenvalue weighted by Gasteiger charge is -2.28. The van der Waals surface area contributed by atoms with Crippen molar-refractivity contribution in [2.45, 2.75) is 43.7 Å². The van der Waals surface area contributed by atoms with Crippen molar-refractivity contribution >= 4 is 11.9 Å². The summed E-state index contributed by atoms with van der Waals surface area (Å²) in [4.78, 5) is 24.5. The molecule has 4 aliphatic rings. The van der Waals surface area contributed by atoms with Gasteiger partial charge in [-0.3, -0.25) is 0 Å². The van der Waals surface area contributed by atoms with Crippen molar-refractivity contribution in [2.75, 3.05) is 6.61 Å². The second kappa shape index (κ2) is 5.29. The van der Waals surface area contributed by atoms with Crippen LogP contribution in [0.2, 0.25) is 0 Å². The van der Waals surface area contributed by atoms with Gasteiger partial charge in [0.05, 0.1) is 18.6 Å². The molecule has 25 heavy (non-hydrogen) atoms. The van der Waals surface area contributed by atoms with Gasteiger partial charge >= 0.3 is 11.9 Å². The quantitative estimate of drug-likeness (QED) is 0.351. The van der Waals surface area contributed by atoms with E-state index in [1.165, 1.54) is 0 Å². The summed E-state index contributed by atoms with van der Waals surface area (Å²) in [6, 6.07) is 0. The minimum absolute atomic E-state index is 0.0508. The number of fused-ring (bicyclic) bond motifs is 3. The Morgan fingerprint density at radius 2 is 2.00 bits per heavy atom. The van der Waals surface area contributed by atoms with Gasteiger partial charge in [-0.05, 0) is 24.8 Å². The van der Waals surface area contributed by atoms with Crippen molar-refractivity contribution in [2.24, 2.45) is 17.8 Å². The molecule has 2 heterocycles. The molecule has 0 aromatic heterocycles. The lowest BCUT2D eigenvalue weighted by Crippen LogP contribution is -2.38. The summed E-state index contributed by atoms with van der Waals surface area (Å²) in [7, 11) is 0. The minimum atomic E-state index is -0.899. The molecule has 0 aromatic rings. The summed E-state index contributed by atoms with van der Waals surface area (Å²) < 4.78 is 16.5. The molecule has 6 heteroatoms. The van der Waals surface area contributed by atoms with Gasteiger partial charge in [-0.25, -0.2) is 9.59 Å². The normalized spacial score (nSPS) is 45.5. The zero-order valence-corrected chi connectivity index (χ0v) is 14.2. The van der Waals surface area contributed by atoms with Crippen LogP contribution in [0.4, 0.5) is 0 Å². The van der Waals surface area contributed by atoms with Gasteiger partial charge in [0.15, 0.2) is 5.60 Å². The fraction of sp³-hybridized carbons (Fsp3) is 0.579. The number of ether oxygens (including phenoxy) is 3. The molecule has 4 rings (SSSR count). The molecule has 0 aromatic carbocycles. The van der Waals surface area contributed by atoms with Crippen molar-refractivity contribution < 1.29 is 28.9 Å². The van der Waals surface area contributed by atoms with E-state index in [2.05, 4.69) is 19.7 Å². The van der Waals surface area contributed by atoms with Crippen LogP contribution in [-0.2, 0) is 23.8 Å². The maximum Gasteiger partial charge on any atom is 0.340 e. The van der Waals surface area contributed by atoms with Crippen LogP contribution in [0.25, 0.3) is 0 Å². The van der Waals surface area contributed by atoms with E-state index in [0.717, 1.165) is 5.57 Å². The predicted molar refractivity (Wildman–Crippen MR) is 87.2 cm³/mol. The summed E-state index contributed by atoms with van der Waals surface area (Å²) in [6.07, 6.45) is -0.866. The molecule has 0 amide bonds. The van der Waals surface area contributed by atoms with Crippen molar-refractivity contribution in [1.29, 1.82) is 0 Å². The van der Waals surface area contributed by atoms with Gasteiger partial charge in [0.2, 0.25) is 0 Å². The third kappa shape index (κ3) is 2.39. The van der Waals surface area contributed by atoms with E-state index < -0.39 is 41.8 Å².